The topological polar surface area (TPSA) is 82.8 Å². The molecule has 1 heterocycles. The Labute approximate surface area is 157 Å². The molecule has 0 aromatic heterocycles. The predicted molar refractivity (Wildman–Crippen MR) is 105 cm³/mol. The largest absolute Gasteiger partial charge is 0.369 e. The van der Waals surface area contributed by atoms with E-state index in [1.165, 1.54) is 12.8 Å². The number of amides is 1. The number of nitrogens with zero attached hydrogens (tertiary/aromatic N) is 2. The number of nitrogens with two attached hydrogens (primary N) is 1. The average Bonchev–Trinajstić information content (AvgIpc) is 3.31. The molecular weight excluding hydrogens is 405 g/mol. The number of likely N-dealkylation sites (tertiary alicyclic amines) is 1. The Balaban J connectivity index is 0.00000264. The minimum Gasteiger partial charge on any atom is -0.369 e. The van der Waals surface area contributed by atoms with Gasteiger partial charge in [-0.15, -0.1) is 24.0 Å². The molecule has 1 saturated carbocycles. The van der Waals surface area contributed by atoms with Crippen molar-refractivity contribution in [1.82, 2.24) is 15.5 Å². The van der Waals surface area contributed by atoms with E-state index in [9.17, 15) is 4.79 Å². The SMILES string of the molecule is CCNC(=NCCCCN1CCC(C(N)=O)CC1)NC1CC1.I. The fourth-order valence-corrected chi connectivity index (χ4v) is 2.82. The molecule has 1 saturated heterocycles. The van der Waals surface area contributed by atoms with Crippen molar-refractivity contribution in [1.29, 1.82) is 0 Å². The third-order valence-corrected chi connectivity index (χ3v) is 4.40. The molecule has 0 spiro atoms. The molecule has 0 radical (unpaired) electrons. The van der Waals surface area contributed by atoms with Gasteiger partial charge in [-0.05, 0) is 65.1 Å². The Morgan fingerprint density at radius 2 is 1.91 bits per heavy atom. The summed E-state index contributed by atoms with van der Waals surface area (Å²) in [7, 11) is 0. The highest BCUT2D eigenvalue weighted by Gasteiger charge is 2.23. The number of halogens is 1. The lowest BCUT2D eigenvalue weighted by molar-refractivity contribution is -0.123. The van der Waals surface area contributed by atoms with Crippen molar-refractivity contribution in [2.45, 2.75) is 51.5 Å². The lowest BCUT2D eigenvalue weighted by atomic mass is 9.96. The van der Waals surface area contributed by atoms with Gasteiger partial charge in [0.05, 0.1) is 0 Å². The Morgan fingerprint density at radius 1 is 1.22 bits per heavy atom. The van der Waals surface area contributed by atoms with Crippen LogP contribution in [0.2, 0.25) is 0 Å². The average molecular weight is 437 g/mol. The van der Waals surface area contributed by atoms with Gasteiger partial charge in [0.25, 0.3) is 0 Å². The van der Waals surface area contributed by atoms with Gasteiger partial charge >= 0.3 is 0 Å². The highest BCUT2D eigenvalue weighted by atomic mass is 127. The maximum absolute atomic E-state index is 11.1. The molecule has 1 aliphatic carbocycles. The van der Waals surface area contributed by atoms with Crippen LogP contribution in [0.3, 0.4) is 0 Å². The van der Waals surface area contributed by atoms with Gasteiger partial charge < -0.3 is 21.3 Å². The smallest absolute Gasteiger partial charge is 0.220 e. The number of guanidine groups is 1. The molecule has 0 aromatic carbocycles. The first-order valence-corrected chi connectivity index (χ1v) is 8.75. The highest BCUT2D eigenvalue weighted by molar-refractivity contribution is 14.0. The molecule has 0 unspecified atom stereocenters. The standard InChI is InChI=1S/C16H31N5O.HI/c1-2-18-16(20-14-5-6-14)19-9-3-4-10-21-11-7-13(8-12-21)15(17)22;/h13-14H,2-12H2,1H3,(H2,17,22)(H2,18,19,20);1H. The van der Waals surface area contributed by atoms with Gasteiger partial charge in [0.1, 0.15) is 0 Å². The summed E-state index contributed by atoms with van der Waals surface area (Å²) < 4.78 is 0. The zero-order valence-corrected chi connectivity index (χ0v) is 16.6. The monoisotopic (exact) mass is 437 g/mol. The van der Waals surface area contributed by atoms with Crippen LogP contribution in [0, 0.1) is 5.92 Å². The minimum atomic E-state index is -0.131. The summed E-state index contributed by atoms with van der Waals surface area (Å²) in [6.07, 6.45) is 6.65. The number of hydrogen-bond donors (Lipinski definition) is 3. The zero-order valence-electron chi connectivity index (χ0n) is 14.2. The molecule has 2 aliphatic rings. The van der Waals surface area contributed by atoms with Crippen LogP contribution < -0.4 is 16.4 Å². The van der Waals surface area contributed by atoms with Crippen LogP contribution in [0.5, 0.6) is 0 Å². The van der Waals surface area contributed by atoms with E-state index < -0.39 is 0 Å². The van der Waals surface area contributed by atoms with Crippen molar-refractivity contribution in [3.8, 4) is 0 Å². The van der Waals surface area contributed by atoms with Gasteiger partial charge in [-0.2, -0.15) is 0 Å². The molecule has 1 amide bonds. The first kappa shape index (κ1) is 20.5. The van der Waals surface area contributed by atoms with Gasteiger partial charge in [0.15, 0.2) is 5.96 Å². The highest BCUT2D eigenvalue weighted by Crippen LogP contribution is 2.18. The van der Waals surface area contributed by atoms with E-state index in [0.717, 1.165) is 64.4 Å². The maximum atomic E-state index is 11.1. The van der Waals surface area contributed by atoms with Crippen LogP contribution in [-0.2, 0) is 4.79 Å². The molecule has 0 bridgehead atoms. The molecular formula is C16H32IN5O. The third kappa shape index (κ3) is 8.19. The summed E-state index contributed by atoms with van der Waals surface area (Å²) in [6, 6.07) is 0.643. The lowest BCUT2D eigenvalue weighted by Gasteiger charge is -2.30. The molecule has 134 valence electrons. The summed E-state index contributed by atoms with van der Waals surface area (Å²) in [6.45, 7) is 6.99. The van der Waals surface area contributed by atoms with Gasteiger partial charge in [-0.3, -0.25) is 9.79 Å². The van der Waals surface area contributed by atoms with E-state index in [0.29, 0.717) is 6.04 Å². The second-order valence-electron chi connectivity index (χ2n) is 6.40. The molecule has 2 fully saturated rings. The molecule has 0 atom stereocenters. The van der Waals surface area contributed by atoms with Crippen LogP contribution in [0.4, 0.5) is 0 Å². The van der Waals surface area contributed by atoms with Gasteiger partial charge in [0.2, 0.25) is 5.91 Å². The van der Waals surface area contributed by atoms with E-state index >= 15 is 0 Å². The van der Waals surface area contributed by atoms with E-state index in [2.05, 4.69) is 27.4 Å². The summed E-state index contributed by atoms with van der Waals surface area (Å²) >= 11 is 0. The van der Waals surface area contributed by atoms with Gasteiger partial charge in [-0.1, -0.05) is 0 Å². The number of rotatable bonds is 8. The fraction of sp³-hybridized carbons (Fsp3) is 0.875. The maximum Gasteiger partial charge on any atom is 0.220 e. The van der Waals surface area contributed by atoms with Crippen molar-refractivity contribution < 1.29 is 4.79 Å². The van der Waals surface area contributed by atoms with Crippen molar-refractivity contribution in [3.05, 3.63) is 0 Å². The molecule has 23 heavy (non-hydrogen) atoms. The van der Waals surface area contributed by atoms with Crippen molar-refractivity contribution in [2.24, 2.45) is 16.6 Å². The fourth-order valence-electron chi connectivity index (χ4n) is 2.82. The normalized spacial score (nSPS) is 20.0. The number of unbranched alkanes of at least 4 members (excludes halogenated alkanes) is 1. The number of hydrogen-bond acceptors (Lipinski definition) is 3. The minimum absolute atomic E-state index is 0. The van der Waals surface area contributed by atoms with Crippen molar-refractivity contribution >= 4 is 35.8 Å². The molecule has 1 aliphatic heterocycles. The number of nitrogens with one attached hydrogen (secondary N) is 2. The first-order chi connectivity index (χ1) is 10.7. The van der Waals surface area contributed by atoms with E-state index in [4.69, 9.17) is 5.73 Å². The van der Waals surface area contributed by atoms with Crippen LogP contribution in [0.15, 0.2) is 4.99 Å². The molecule has 0 aromatic rings. The molecule has 2 rings (SSSR count). The Morgan fingerprint density at radius 3 is 2.48 bits per heavy atom. The second kappa shape index (κ2) is 11.1. The van der Waals surface area contributed by atoms with Crippen molar-refractivity contribution in [2.75, 3.05) is 32.7 Å². The quantitative estimate of drug-likeness (QED) is 0.231. The number of piperidine rings is 1. The summed E-state index contributed by atoms with van der Waals surface area (Å²) in [4.78, 5) is 18.2. The zero-order chi connectivity index (χ0) is 15.8. The molecule has 7 heteroatoms. The van der Waals surface area contributed by atoms with E-state index in [1.54, 1.807) is 0 Å². The van der Waals surface area contributed by atoms with Crippen LogP contribution in [-0.4, -0.2) is 55.5 Å². The van der Waals surface area contributed by atoms with E-state index in [1.807, 2.05) is 0 Å². The first-order valence-electron chi connectivity index (χ1n) is 8.75. The Hall–Kier alpha value is -0.570. The van der Waals surface area contributed by atoms with Crippen LogP contribution in [0.1, 0.15) is 45.4 Å². The van der Waals surface area contributed by atoms with E-state index in [-0.39, 0.29) is 35.8 Å². The number of carbonyl (C=O) groups excluding carboxylic acids is 1. The van der Waals surface area contributed by atoms with Crippen LogP contribution in [0.25, 0.3) is 0 Å². The number of aliphatic imine (C=N–C) groups is 1. The Kier molecular flexibility index (Phi) is 9.85. The lowest BCUT2D eigenvalue weighted by Crippen LogP contribution is -2.39. The van der Waals surface area contributed by atoms with Crippen LogP contribution >= 0.6 is 24.0 Å². The van der Waals surface area contributed by atoms with Gasteiger partial charge in [-0.25, -0.2) is 0 Å². The second-order valence-corrected chi connectivity index (χ2v) is 6.40. The summed E-state index contributed by atoms with van der Waals surface area (Å²) in [5, 5.41) is 6.73. The molecule has 4 N–H and O–H groups in total. The Bertz CT molecular complexity index is 379. The number of primary amides is 1. The third-order valence-electron chi connectivity index (χ3n) is 4.40. The predicted octanol–water partition coefficient (Wildman–Crippen LogP) is 1.30. The van der Waals surface area contributed by atoms with Gasteiger partial charge in [0, 0.05) is 25.0 Å². The summed E-state index contributed by atoms with van der Waals surface area (Å²) in [5.74, 6) is 0.928. The van der Waals surface area contributed by atoms with Crippen molar-refractivity contribution in [3.63, 3.8) is 0 Å². The number of carbonyl (C=O) groups is 1. The molecule has 6 nitrogen and oxygen atoms in total. The summed E-state index contributed by atoms with van der Waals surface area (Å²) in [5.41, 5.74) is 5.36.